The molecule has 0 N–H and O–H groups in total. The summed E-state index contributed by atoms with van der Waals surface area (Å²) in [4.78, 5) is 14.7. The lowest BCUT2D eigenvalue weighted by Gasteiger charge is -2.23. The number of aryl methyl sites for hydroxylation is 2. The number of amides is 1. The monoisotopic (exact) mass is 342 g/mol. The van der Waals surface area contributed by atoms with Gasteiger partial charge < -0.3 is 14.2 Å². The molecule has 1 saturated heterocycles. The highest BCUT2D eigenvalue weighted by molar-refractivity contribution is 5.77. The molecule has 5 nitrogen and oxygen atoms in total. The fourth-order valence-corrected chi connectivity index (χ4v) is 3.41. The van der Waals surface area contributed by atoms with Crippen LogP contribution in [0.15, 0.2) is 34.9 Å². The summed E-state index contributed by atoms with van der Waals surface area (Å²) in [7, 11) is 1.65. The molecular weight excluding hydrogens is 316 g/mol. The summed E-state index contributed by atoms with van der Waals surface area (Å²) in [5.41, 5.74) is 2.05. The first-order chi connectivity index (χ1) is 12.2. The molecule has 1 amide bonds. The third kappa shape index (κ3) is 4.21. The second kappa shape index (κ2) is 8.19. The molecule has 1 aliphatic heterocycles. The van der Waals surface area contributed by atoms with Crippen LogP contribution in [0.5, 0.6) is 5.75 Å². The molecular formula is C20H26N2O3. The molecule has 134 valence electrons. The van der Waals surface area contributed by atoms with Gasteiger partial charge in [0.1, 0.15) is 17.2 Å². The summed E-state index contributed by atoms with van der Waals surface area (Å²) in [6.45, 7) is 2.93. The molecule has 5 heteroatoms. The van der Waals surface area contributed by atoms with Crippen LogP contribution < -0.4 is 4.74 Å². The Bertz CT molecular complexity index is 693. The van der Waals surface area contributed by atoms with E-state index in [-0.39, 0.29) is 11.9 Å². The van der Waals surface area contributed by atoms with Crippen molar-refractivity contribution < 1.29 is 14.1 Å². The maximum absolute atomic E-state index is 12.7. The van der Waals surface area contributed by atoms with Crippen molar-refractivity contribution in [3.05, 3.63) is 47.3 Å². The summed E-state index contributed by atoms with van der Waals surface area (Å²) >= 11 is 0. The Morgan fingerprint density at radius 2 is 2.12 bits per heavy atom. The topological polar surface area (TPSA) is 55.6 Å². The van der Waals surface area contributed by atoms with Gasteiger partial charge in [-0.2, -0.15) is 0 Å². The first kappa shape index (κ1) is 17.5. The van der Waals surface area contributed by atoms with Gasteiger partial charge in [-0.25, -0.2) is 0 Å². The Hall–Kier alpha value is -2.30. The van der Waals surface area contributed by atoms with E-state index < -0.39 is 0 Å². The molecule has 1 atom stereocenters. The van der Waals surface area contributed by atoms with Gasteiger partial charge in [0.05, 0.1) is 13.2 Å². The second-order valence-electron chi connectivity index (χ2n) is 6.56. The van der Waals surface area contributed by atoms with Crippen molar-refractivity contribution in [3.63, 3.8) is 0 Å². The molecule has 25 heavy (non-hydrogen) atoms. The van der Waals surface area contributed by atoms with Gasteiger partial charge in [0.2, 0.25) is 5.91 Å². The average molecular weight is 342 g/mol. The van der Waals surface area contributed by atoms with Crippen LogP contribution in [0, 0.1) is 0 Å². The first-order valence-corrected chi connectivity index (χ1v) is 9.09. The van der Waals surface area contributed by atoms with Crippen LogP contribution in [0.1, 0.15) is 55.7 Å². The highest BCUT2D eigenvalue weighted by Gasteiger charge is 2.31. The molecule has 1 fully saturated rings. The molecule has 2 aromatic rings. The number of carbonyl (C=O) groups is 1. The molecule has 1 aliphatic rings. The van der Waals surface area contributed by atoms with Crippen LogP contribution in [0.2, 0.25) is 0 Å². The molecule has 0 bridgehead atoms. The number of methoxy groups -OCH3 is 1. The number of ether oxygens (including phenoxy) is 1. The first-order valence-electron chi connectivity index (χ1n) is 9.09. The van der Waals surface area contributed by atoms with Crippen molar-refractivity contribution in [1.82, 2.24) is 10.1 Å². The van der Waals surface area contributed by atoms with Gasteiger partial charge in [-0.3, -0.25) is 4.79 Å². The van der Waals surface area contributed by atoms with E-state index in [0.717, 1.165) is 61.4 Å². The smallest absolute Gasteiger partial charge is 0.223 e. The molecule has 3 rings (SSSR count). The third-order valence-electron chi connectivity index (χ3n) is 4.77. The van der Waals surface area contributed by atoms with Crippen molar-refractivity contribution in [2.75, 3.05) is 13.7 Å². The zero-order valence-corrected chi connectivity index (χ0v) is 15.0. The van der Waals surface area contributed by atoms with E-state index in [2.05, 4.69) is 12.1 Å². The Balaban J connectivity index is 1.59. The zero-order valence-electron chi connectivity index (χ0n) is 15.0. The van der Waals surface area contributed by atoms with E-state index in [1.807, 2.05) is 35.2 Å². The molecule has 0 saturated carbocycles. The Labute approximate surface area is 148 Å². The SMILES string of the molecule is CCCc1cc([C@H]2CCCN2C(=O)CCc2ccc(OC)cc2)no1. The highest BCUT2D eigenvalue weighted by atomic mass is 16.5. The summed E-state index contributed by atoms with van der Waals surface area (Å²) in [6.07, 6.45) is 5.17. The number of benzene rings is 1. The number of likely N-dealkylation sites (tertiary alicyclic amines) is 1. The highest BCUT2D eigenvalue weighted by Crippen LogP contribution is 2.32. The van der Waals surface area contributed by atoms with Gasteiger partial charge in [0.25, 0.3) is 0 Å². The largest absolute Gasteiger partial charge is 0.497 e. The van der Waals surface area contributed by atoms with E-state index >= 15 is 0 Å². The minimum atomic E-state index is 0.0673. The average Bonchev–Trinajstić information content (AvgIpc) is 3.29. The predicted molar refractivity (Wildman–Crippen MR) is 95.5 cm³/mol. The fraction of sp³-hybridized carbons (Fsp3) is 0.500. The van der Waals surface area contributed by atoms with Crippen molar-refractivity contribution in [2.24, 2.45) is 0 Å². The molecule has 1 aromatic heterocycles. The number of aromatic nitrogens is 1. The second-order valence-corrected chi connectivity index (χ2v) is 6.56. The normalized spacial score (nSPS) is 17.0. The summed E-state index contributed by atoms with van der Waals surface area (Å²) < 4.78 is 10.6. The van der Waals surface area contributed by atoms with Crippen molar-refractivity contribution in [3.8, 4) is 5.75 Å². The van der Waals surface area contributed by atoms with Gasteiger partial charge in [-0.15, -0.1) is 0 Å². The predicted octanol–water partition coefficient (Wildman–Crippen LogP) is 3.93. The molecule has 1 aromatic carbocycles. The number of hydrogen-bond donors (Lipinski definition) is 0. The van der Waals surface area contributed by atoms with E-state index in [4.69, 9.17) is 9.26 Å². The maximum atomic E-state index is 12.7. The van der Waals surface area contributed by atoms with Crippen LogP contribution >= 0.6 is 0 Å². The lowest BCUT2D eigenvalue weighted by atomic mass is 10.1. The van der Waals surface area contributed by atoms with E-state index in [0.29, 0.717) is 6.42 Å². The minimum absolute atomic E-state index is 0.0673. The van der Waals surface area contributed by atoms with Crippen LogP contribution in [0.3, 0.4) is 0 Å². The van der Waals surface area contributed by atoms with Gasteiger partial charge in [0, 0.05) is 25.5 Å². The molecule has 0 spiro atoms. The number of nitrogens with zero attached hydrogens (tertiary/aromatic N) is 2. The lowest BCUT2D eigenvalue weighted by molar-refractivity contribution is -0.132. The van der Waals surface area contributed by atoms with E-state index in [1.54, 1.807) is 7.11 Å². The third-order valence-corrected chi connectivity index (χ3v) is 4.77. The van der Waals surface area contributed by atoms with Crippen molar-refractivity contribution in [1.29, 1.82) is 0 Å². The van der Waals surface area contributed by atoms with Gasteiger partial charge in [-0.1, -0.05) is 24.2 Å². The van der Waals surface area contributed by atoms with Crippen LogP contribution in [0.25, 0.3) is 0 Å². The van der Waals surface area contributed by atoms with Crippen molar-refractivity contribution in [2.45, 2.75) is 51.5 Å². The van der Waals surface area contributed by atoms with Crippen LogP contribution in [-0.2, 0) is 17.6 Å². The molecule has 0 radical (unpaired) electrons. The molecule has 0 aliphatic carbocycles. The minimum Gasteiger partial charge on any atom is -0.497 e. The summed E-state index contributed by atoms with van der Waals surface area (Å²) in [6, 6.07) is 9.98. The Kier molecular flexibility index (Phi) is 5.74. The Morgan fingerprint density at radius 1 is 1.32 bits per heavy atom. The van der Waals surface area contributed by atoms with Gasteiger partial charge in [-0.05, 0) is 43.4 Å². The molecule has 2 heterocycles. The standard InChI is InChI=1S/C20H26N2O3/c1-3-5-17-14-18(21-25-17)19-6-4-13-22(19)20(23)12-9-15-7-10-16(24-2)11-8-15/h7-8,10-11,14,19H,3-6,9,12-13H2,1-2H3/t19-/m1/s1. The summed E-state index contributed by atoms with van der Waals surface area (Å²) in [5, 5.41) is 4.20. The van der Waals surface area contributed by atoms with Crippen LogP contribution in [0.4, 0.5) is 0 Å². The van der Waals surface area contributed by atoms with Crippen molar-refractivity contribution >= 4 is 5.91 Å². The Morgan fingerprint density at radius 3 is 2.84 bits per heavy atom. The fourth-order valence-electron chi connectivity index (χ4n) is 3.41. The van der Waals surface area contributed by atoms with Crippen LogP contribution in [-0.4, -0.2) is 29.6 Å². The maximum Gasteiger partial charge on any atom is 0.223 e. The van der Waals surface area contributed by atoms with E-state index in [1.165, 1.54) is 0 Å². The van der Waals surface area contributed by atoms with Gasteiger partial charge >= 0.3 is 0 Å². The number of hydrogen-bond acceptors (Lipinski definition) is 4. The van der Waals surface area contributed by atoms with Gasteiger partial charge in [0.15, 0.2) is 0 Å². The zero-order chi connectivity index (χ0) is 17.6. The number of carbonyl (C=O) groups excluding carboxylic acids is 1. The molecule has 0 unspecified atom stereocenters. The summed E-state index contributed by atoms with van der Waals surface area (Å²) in [5.74, 6) is 1.94. The van der Waals surface area contributed by atoms with E-state index in [9.17, 15) is 4.79 Å². The lowest BCUT2D eigenvalue weighted by Crippen LogP contribution is -2.30. The number of rotatable bonds is 7. The quantitative estimate of drug-likeness (QED) is 0.765.